The maximum absolute atomic E-state index is 13.7. The molecular weight excluding hydrogens is 412 g/mol. The highest BCUT2D eigenvalue weighted by Crippen LogP contribution is 2.46. The number of carbonyl (C=O) groups excluding carboxylic acids is 1. The molecule has 0 saturated carbocycles. The molecule has 0 bridgehead atoms. The maximum atomic E-state index is 13.7. The topological polar surface area (TPSA) is 34.9 Å². The summed E-state index contributed by atoms with van der Waals surface area (Å²) in [5.74, 6) is 1.44. The zero-order valence-corrected chi connectivity index (χ0v) is 20.4. The molecule has 0 N–H and O–H groups in total. The number of thioether (sulfide) groups is 1. The minimum atomic E-state index is 0.100. The van der Waals surface area contributed by atoms with Crippen molar-refractivity contribution < 1.29 is 4.79 Å². The van der Waals surface area contributed by atoms with Gasteiger partial charge < -0.3 is 0 Å². The Balaban J connectivity index is 1.72. The Morgan fingerprint density at radius 1 is 1.06 bits per heavy atom. The smallest absolute Gasteiger partial charge is 0.248 e. The number of aromatic nitrogens is 2. The third kappa shape index (κ3) is 4.71. The summed E-state index contributed by atoms with van der Waals surface area (Å²) >= 11 is 1.79. The van der Waals surface area contributed by atoms with E-state index in [1.165, 1.54) is 10.5 Å². The van der Waals surface area contributed by atoms with Crippen LogP contribution in [-0.4, -0.2) is 20.9 Å². The second-order valence-electron chi connectivity index (χ2n) is 9.31. The Labute approximate surface area is 196 Å². The minimum Gasteiger partial charge on any atom is -0.273 e. The molecule has 32 heavy (non-hydrogen) atoms. The van der Waals surface area contributed by atoms with Gasteiger partial charge in [-0.05, 0) is 43.2 Å². The second-order valence-corrected chi connectivity index (χ2v) is 10.7. The Morgan fingerprint density at radius 3 is 2.34 bits per heavy atom. The molecule has 3 nitrogen and oxygen atoms in total. The lowest BCUT2D eigenvalue weighted by Gasteiger charge is -2.28. The zero-order chi connectivity index (χ0) is 22.7. The highest BCUT2D eigenvalue weighted by Gasteiger charge is 2.35. The first-order chi connectivity index (χ1) is 15.5. The number of benzene rings is 2. The largest absolute Gasteiger partial charge is 0.273 e. The van der Waals surface area contributed by atoms with Gasteiger partial charge in [-0.25, -0.2) is 0 Å². The molecular formula is C28H34N2OS. The van der Waals surface area contributed by atoms with Crippen molar-refractivity contribution in [2.45, 2.75) is 75.4 Å². The molecule has 0 aliphatic heterocycles. The number of carbonyl (C=O) groups is 1. The van der Waals surface area contributed by atoms with E-state index in [9.17, 15) is 4.79 Å². The lowest BCUT2D eigenvalue weighted by atomic mass is 9.75. The average Bonchev–Trinajstić information content (AvgIpc) is 3.21. The standard InChI is InChI=1S/C28H34N2OS/c1-5-22(32-23-14-10-7-11-15-23)18-25(31)30-28(21-12-8-6-9-13-21)26-20(4)16-17-24(19(2)3)27(26)29-30/h6-15,19-20,22,24H,5,16-18H2,1-4H3/t20-,22?,24+/m1/s1. The molecule has 1 unspecified atom stereocenters. The van der Waals surface area contributed by atoms with Crippen LogP contribution < -0.4 is 0 Å². The molecule has 4 rings (SSSR count). The van der Waals surface area contributed by atoms with Crippen molar-refractivity contribution >= 4 is 17.7 Å². The third-order valence-corrected chi connectivity index (χ3v) is 8.07. The van der Waals surface area contributed by atoms with E-state index in [0.29, 0.717) is 24.2 Å². The van der Waals surface area contributed by atoms with Crippen LogP contribution in [0.5, 0.6) is 0 Å². The highest BCUT2D eigenvalue weighted by molar-refractivity contribution is 8.00. The van der Waals surface area contributed by atoms with Crippen LogP contribution in [0, 0.1) is 5.92 Å². The van der Waals surface area contributed by atoms with Crippen LogP contribution in [0.2, 0.25) is 0 Å². The summed E-state index contributed by atoms with van der Waals surface area (Å²) in [6.45, 7) is 9.00. The normalized spacial score (nSPS) is 19.0. The first-order valence-electron chi connectivity index (χ1n) is 11.9. The molecule has 1 aromatic heterocycles. The van der Waals surface area contributed by atoms with E-state index in [1.54, 1.807) is 16.4 Å². The van der Waals surface area contributed by atoms with Crippen molar-refractivity contribution in [3.8, 4) is 11.3 Å². The Bertz CT molecular complexity index is 1040. The van der Waals surface area contributed by atoms with Crippen molar-refractivity contribution in [3.63, 3.8) is 0 Å². The maximum Gasteiger partial charge on any atom is 0.248 e. The van der Waals surface area contributed by atoms with Gasteiger partial charge >= 0.3 is 0 Å². The quantitative estimate of drug-likeness (QED) is 0.347. The van der Waals surface area contributed by atoms with Crippen LogP contribution in [0.4, 0.5) is 0 Å². The van der Waals surface area contributed by atoms with Crippen LogP contribution in [0.1, 0.15) is 81.3 Å². The molecule has 1 heterocycles. The molecule has 1 aliphatic carbocycles. The number of hydrogen-bond acceptors (Lipinski definition) is 3. The molecule has 0 fully saturated rings. The van der Waals surface area contributed by atoms with Gasteiger partial charge in [-0.15, -0.1) is 11.8 Å². The van der Waals surface area contributed by atoms with Gasteiger partial charge in [0.2, 0.25) is 5.91 Å². The van der Waals surface area contributed by atoms with E-state index >= 15 is 0 Å². The van der Waals surface area contributed by atoms with Crippen molar-refractivity contribution in [2.24, 2.45) is 5.92 Å². The summed E-state index contributed by atoms with van der Waals surface area (Å²) in [5.41, 5.74) is 4.55. The van der Waals surface area contributed by atoms with Crippen molar-refractivity contribution in [1.29, 1.82) is 0 Å². The minimum absolute atomic E-state index is 0.100. The van der Waals surface area contributed by atoms with Crippen molar-refractivity contribution in [2.75, 3.05) is 0 Å². The molecule has 2 aromatic carbocycles. The fourth-order valence-corrected chi connectivity index (χ4v) is 5.95. The van der Waals surface area contributed by atoms with Gasteiger partial charge in [-0.2, -0.15) is 9.78 Å². The van der Waals surface area contributed by atoms with Crippen LogP contribution >= 0.6 is 11.8 Å². The summed E-state index contributed by atoms with van der Waals surface area (Å²) in [6.07, 6.45) is 3.72. The van der Waals surface area contributed by atoms with E-state index in [-0.39, 0.29) is 11.2 Å². The molecule has 0 saturated heterocycles. The highest BCUT2D eigenvalue weighted by atomic mass is 32.2. The fourth-order valence-electron chi connectivity index (χ4n) is 4.86. The molecule has 0 amide bonds. The zero-order valence-electron chi connectivity index (χ0n) is 19.6. The number of hydrogen-bond donors (Lipinski definition) is 0. The van der Waals surface area contributed by atoms with Gasteiger partial charge in [0.05, 0.1) is 11.4 Å². The van der Waals surface area contributed by atoms with Gasteiger partial charge in [0, 0.05) is 33.6 Å². The van der Waals surface area contributed by atoms with Gasteiger partial charge in [0.25, 0.3) is 0 Å². The molecule has 0 radical (unpaired) electrons. The molecule has 1 aliphatic rings. The average molecular weight is 447 g/mol. The van der Waals surface area contributed by atoms with Crippen LogP contribution in [0.25, 0.3) is 11.3 Å². The van der Waals surface area contributed by atoms with E-state index in [0.717, 1.165) is 36.2 Å². The summed E-state index contributed by atoms with van der Waals surface area (Å²) in [5, 5.41) is 5.26. The Hall–Kier alpha value is -2.33. The molecule has 0 spiro atoms. The molecule has 4 heteroatoms. The Morgan fingerprint density at radius 2 is 1.72 bits per heavy atom. The van der Waals surface area contributed by atoms with E-state index in [4.69, 9.17) is 5.10 Å². The third-order valence-electron chi connectivity index (χ3n) is 6.70. The molecule has 168 valence electrons. The van der Waals surface area contributed by atoms with Gasteiger partial charge in [-0.3, -0.25) is 4.79 Å². The molecule has 3 atom stereocenters. The van der Waals surface area contributed by atoms with Crippen molar-refractivity contribution in [1.82, 2.24) is 9.78 Å². The lowest BCUT2D eigenvalue weighted by molar-refractivity contribution is 0.0887. The van der Waals surface area contributed by atoms with Crippen LogP contribution in [0.15, 0.2) is 65.6 Å². The first kappa shape index (κ1) is 22.8. The number of rotatable bonds is 7. The van der Waals surface area contributed by atoms with E-state index in [1.807, 2.05) is 12.1 Å². The van der Waals surface area contributed by atoms with Gasteiger partial charge in [0.15, 0.2) is 0 Å². The Kier molecular flexibility index (Phi) is 7.20. The number of nitrogens with zero attached hydrogens (tertiary/aromatic N) is 2. The predicted molar refractivity (Wildman–Crippen MR) is 135 cm³/mol. The lowest BCUT2D eigenvalue weighted by Crippen LogP contribution is -2.19. The summed E-state index contributed by atoms with van der Waals surface area (Å²) in [7, 11) is 0. The van der Waals surface area contributed by atoms with Gasteiger partial charge in [-0.1, -0.05) is 76.2 Å². The first-order valence-corrected chi connectivity index (χ1v) is 12.8. The predicted octanol–water partition coefficient (Wildman–Crippen LogP) is 7.79. The fraction of sp³-hybridized carbons (Fsp3) is 0.429. The van der Waals surface area contributed by atoms with Crippen LogP contribution in [0.3, 0.4) is 0 Å². The van der Waals surface area contributed by atoms with E-state index < -0.39 is 0 Å². The van der Waals surface area contributed by atoms with Gasteiger partial charge in [0.1, 0.15) is 0 Å². The number of fused-ring (bicyclic) bond motifs is 1. The summed E-state index contributed by atoms with van der Waals surface area (Å²) in [4.78, 5) is 14.9. The SMILES string of the molecule is CCC(CC(=O)n1nc2c(c1-c1ccccc1)[C@H](C)CC[C@H]2C(C)C)Sc1ccccc1. The van der Waals surface area contributed by atoms with Crippen LogP contribution in [-0.2, 0) is 0 Å². The molecule has 3 aromatic rings. The monoisotopic (exact) mass is 446 g/mol. The van der Waals surface area contributed by atoms with E-state index in [2.05, 4.69) is 76.2 Å². The second kappa shape index (κ2) is 10.1. The summed E-state index contributed by atoms with van der Waals surface area (Å²) < 4.78 is 1.76. The van der Waals surface area contributed by atoms with Crippen molar-refractivity contribution in [3.05, 3.63) is 71.9 Å². The summed E-state index contributed by atoms with van der Waals surface area (Å²) in [6, 6.07) is 20.7.